The smallest absolute Gasteiger partial charge is 0.475 e. The van der Waals surface area contributed by atoms with E-state index in [9.17, 15) is 13.2 Å². The number of carbonyl (C=O) groups is 1. The largest absolute Gasteiger partial charge is 0.490 e. The van der Waals surface area contributed by atoms with Gasteiger partial charge in [-0.05, 0) is 38.5 Å². The van der Waals surface area contributed by atoms with E-state index in [1.807, 2.05) is 0 Å². The fraction of sp³-hybridized carbons (Fsp3) is 0.870. The van der Waals surface area contributed by atoms with Gasteiger partial charge in [-0.3, -0.25) is 0 Å². The molecule has 0 aliphatic heterocycles. The summed E-state index contributed by atoms with van der Waals surface area (Å²) in [4.78, 5) is 14.2. The lowest BCUT2D eigenvalue weighted by molar-refractivity contribution is -0.192. The van der Waals surface area contributed by atoms with Crippen molar-refractivity contribution in [3.63, 3.8) is 0 Å². The van der Waals surface area contributed by atoms with Crippen LogP contribution in [0.15, 0.2) is 12.2 Å². The fourth-order valence-corrected chi connectivity index (χ4v) is 2.67. The SMILES string of the molecule is CCCCCCCCC=CCCCCCCCCONCCC.O=C(O)C(F)(F)F. The lowest BCUT2D eigenvalue weighted by atomic mass is 10.1. The molecule has 0 rings (SSSR count). The predicted octanol–water partition coefficient (Wildman–Crippen LogP) is 7.59. The Kier molecular flexibility index (Phi) is 25.1. The Labute approximate surface area is 181 Å². The Morgan fingerprint density at radius 1 is 0.800 bits per heavy atom. The van der Waals surface area contributed by atoms with Crippen molar-refractivity contribution in [2.24, 2.45) is 0 Å². The quantitative estimate of drug-likeness (QED) is 0.124. The number of aliphatic carboxylic acids is 1. The molecule has 0 aromatic rings. The van der Waals surface area contributed by atoms with Crippen LogP contribution in [-0.2, 0) is 9.63 Å². The maximum atomic E-state index is 10.6. The van der Waals surface area contributed by atoms with Gasteiger partial charge in [0.1, 0.15) is 0 Å². The zero-order valence-electron chi connectivity index (χ0n) is 19.1. The summed E-state index contributed by atoms with van der Waals surface area (Å²) in [6.07, 6.45) is 19.8. The average molecular weight is 440 g/mol. The predicted molar refractivity (Wildman–Crippen MR) is 117 cm³/mol. The number of halogens is 3. The van der Waals surface area contributed by atoms with Gasteiger partial charge in [0.25, 0.3) is 0 Å². The molecule has 2 N–H and O–H groups in total. The lowest BCUT2D eigenvalue weighted by Gasteiger charge is -2.04. The molecule has 0 aliphatic carbocycles. The molecule has 30 heavy (non-hydrogen) atoms. The molecule has 0 saturated heterocycles. The number of allylic oxidation sites excluding steroid dienone is 2. The normalized spacial score (nSPS) is 11.5. The summed E-state index contributed by atoms with van der Waals surface area (Å²) in [5, 5.41) is 7.12. The molecule has 0 aliphatic rings. The zero-order valence-corrected chi connectivity index (χ0v) is 19.1. The molecule has 0 bridgehead atoms. The van der Waals surface area contributed by atoms with Gasteiger partial charge in [-0.1, -0.05) is 83.8 Å². The minimum Gasteiger partial charge on any atom is -0.475 e. The Balaban J connectivity index is 0. The van der Waals surface area contributed by atoms with Crippen molar-refractivity contribution >= 4 is 5.97 Å². The van der Waals surface area contributed by atoms with Gasteiger partial charge in [0.15, 0.2) is 0 Å². The Morgan fingerprint density at radius 3 is 1.67 bits per heavy atom. The monoisotopic (exact) mass is 439 g/mol. The van der Waals surface area contributed by atoms with Gasteiger partial charge in [-0.15, -0.1) is 0 Å². The standard InChI is InChI=1S/C21H43NO.C2HF3O2/c1-3-5-6-7-8-9-10-11-12-13-14-15-16-17-18-19-21-23-22-20-4-2;3-2(4,5)1(6)7/h11-12,22H,3-10,13-21H2,1-2H3;(H,6,7). The Bertz CT molecular complexity index is 388. The molecule has 0 radical (unpaired) electrons. The molecule has 0 heterocycles. The van der Waals surface area contributed by atoms with Crippen molar-refractivity contribution in [2.75, 3.05) is 13.2 Å². The molecular formula is C23H44F3NO3. The first-order valence-corrected chi connectivity index (χ1v) is 11.7. The van der Waals surface area contributed by atoms with Crippen LogP contribution in [0.1, 0.15) is 110 Å². The van der Waals surface area contributed by atoms with E-state index >= 15 is 0 Å². The first-order valence-electron chi connectivity index (χ1n) is 11.7. The molecule has 0 spiro atoms. The number of rotatable bonds is 19. The van der Waals surface area contributed by atoms with Crippen LogP contribution in [0.2, 0.25) is 0 Å². The van der Waals surface area contributed by atoms with Crippen LogP contribution in [0.4, 0.5) is 13.2 Å². The van der Waals surface area contributed by atoms with Crippen molar-refractivity contribution in [3.05, 3.63) is 12.2 Å². The second kappa shape index (κ2) is 24.2. The molecule has 0 fully saturated rings. The van der Waals surface area contributed by atoms with E-state index in [-0.39, 0.29) is 0 Å². The van der Waals surface area contributed by atoms with Crippen molar-refractivity contribution in [3.8, 4) is 0 Å². The van der Waals surface area contributed by atoms with Gasteiger partial charge in [0.05, 0.1) is 6.61 Å². The molecule has 0 amide bonds. The maximum absolute atomic E-state index is 10.6. The highest BCUT2D eigenvalue weighted by molar-refractivity contribution is 5.73. The third-order valence-corrected chi connectivity index (χ3v) is 4.45. The van der Waals surface area contributed by atoms with Crippen LogP contribution < -0.4 is 5.48 Å². The van der Waals surface area contributed by atoms with Crippen LogP contribution in [0, 0.1) is 0 Å². The Hall–Kier alpha value is -1.08. The molecule has 0 saturated carbocycles. The van der Waals surface area contributed by atoms with Gasteiger partial charge in [-0.25, -0.2) is 10.3 Å². The Morgan fingerprint density at radius 2 is 1.23 bits per heavy atom. The number of hydrogen-bond acceptors (Lipinski definition) is 3. The molecule has 180 valence electrons. The molecule has 0 aromatic heterocycles. The summed E-state index contributed by atoms with van der Waals surface area (Å²) in [6.45, 7) is 6.26. The number of alkyl halides is 3. The molecule has 0 unspecified atom stereocenters. The van der Waals surface area contributed by atoms with Crippen molar-refractivity contribution in [1.29, 1.82) is 0 Å². The van der Waals surface area contributed by atoms with Crippen LogP contribution in [-0.4, -0.2) is 30.4 Å². The number of hydrogen-bond donors (Lipinski definition) is 2. The number of carboxylic acid groups (broad SMARTS) is 1. The summed E-state index contributed by atoms with van der Waals surface area (Å²) in [5.74, 6) is -2.76. The van der Waals surface area contributed by atoms with Gasteiger partial charge < -0.3 is 9.94 Å². The third kappa shape index (κ3) is 29.1. The van der Waals surface area contributed by atoms with E-state index in [2.05, 4.69) is 31.5 Å². The average Bonchev–Trinajstić information content (AvgIpc) is 2.69. The van der Waals surface area contributed by atoms with Crippen molar-refractivity contribution in [1.82, 2.24) is 5.48 Å². The highest BCUT2D eigenvalue weighted by Gasteiger charge is 2.38. The second-order valence-electron chi connectivity index (χ2n) is 7.48. The van der Waals surface area contributed by atoms with E-state index < -0.39 is 12.1 Å². The van der Waals surface area contributed by atoms with Gasteiger partial charge in [0.2, 0.25) is 0 Å². The number of unbranched alkanes of at least 4 members (excludes halogenated alkanes) is 12. The third-order valence-electron chi connectivity index (χ3n) is 4.45. The first kappa shape index (κ1) is 31.1. The van der Waals surface area contributed by atoms with E-state index in [4.69, 9.17) is 14.7 Å². The maximum Gasteiger partial charge on any atom is 0.490 e. The van der Waals surface area contributed by atoms with Crippen LogP contribution in [0.3, 0.4) is 0 Å². The van der Waals surface area contributed by atoms with Gasteiger partial charge >= 0.3 is 12.1 Å². The molecule has 0 atom stereocenters. The minimum atomic E-state index is -5.08. The molecule has 0 aromatic carbocycles. The molecule has 4 nitrogen and oxygen atoms in total. The van der Waals surface area contributed by atoms with E-state index in [1.165, 1.54) is 89.9 Å². The summed E-state index contributed by atoms with van der Waals surface area (Å²) in [6, 6.07) is 0. The lowest BCUT2D eigenvalue weighted by Crippen LogP contribution is -2.21. The molecular weight excluding hydrogens is 395 g/mol. The number of hydroxylamine groups is 1. The van der Waals surface area contributed by atoms with Crippen LogP contribution >= 0.6 is 0 Å². The summed E-state index contributed by atoms with van der Waals surface area (Å²) >= 11 is 0. The van der Waals surface area contributed by atoms with E-state index in [0.29, 0.717) is 0 Å². The van der Waals surface area contributed by atoms with Gasteiger partial charge in [-0.2, -0.15) is 13.2 Å². The van der Waals surface area contributed by atoms with Gasteiger partial charge in [0, 0.05) is 6.54 Å². The van der Waals surface area contributed by atoms with Crippen molar-refractivity contribution < 1.29 is 27.9 Å². The number of carboxylic acids is 1. The summed E-state index contributed by atoms with van der Waals surface area (Å²) in [5.41, 5.74) is 2.98. The zero-order chi connectivity index (χ0) is 22.9. The fourth-order valence-electron chi connectivity index (χ4n) is 2.67. The second-order valence-corrected chi connectivity index (χ2v) is 7.48. The number of nitrogens with one attached hydrogen (secondary N) is 1. The summed E-state index contributed by atoms with van der Waals surface area (Å²) in [7, 11) is 0. The van der Waals surface area contributed by atoms with Crippen molar-refractivity contribution in [2.45, 2.75) is 116 Å². The topological polar surface area (TPSA) is 58.6 Å². The highest BCUT2D eigenvalue weighted by atomic mass is 19.4. The highest BCUT2D eigenvalue weighted by Crippen LogP contribution is 2.13. The van der Waals surface area contributed by atoms with Crippen LogP contribution in [0.25, 0.3) is 0 Å². The minimum absolute atomic E-state index is 0.862. The van der Waals surface area contributed by atoms with Crippen LogP contribution in [0.5, 0.6) is 0 Å². The van der Waals surface area contributed by atoms with E-state index in [0.717, 1.165) is 19.6 Å². The first-order chi connectivity index (χ1) is 14.4. The summed E-state index contributed by atoms with van der Waals surface area (Å²) < 4.78 is 31.7. The molecule has 7 heteroatoms. The van der Waals surface area contributed by atoms with E-state index in [1.54, 1.807) is 0 Å².